The van der Waals surface area contributed by atoms with Gasteiger partial charge in [0.25, 0.3) is 0 Å². The largest absolute Gasteiger partial charge is 0.350 e. The Kier molecular flexibility index (Phi) is 6.58. The highest BCUT2D eigenvalue weighted by Gasteiger charge is 2.26. The summed E-state index contributed by atoms with van der Waals surface area (Å²) in [5, 5.41) is 5.82. The van der Waals surface area contributed by atoms with Gasteiger partial charge in [-0.3, -0.25) is 9.59 Å². The SMILES string of the molecule is CC(NC(=O)CCC1Cc2ccccc2NC1=O)c1ccc(S(=O)(=O)N(C)C)cc1. The van der Waals surface area contributed by atoms with Gasteiger partial charge in [0.2, 0.25) is 21.8 Å². The van der Waals surface area contributed by atoms with E-state index in [0.29, 0.717) is 12.8 Å². The molecule has 2 atom stereocenters. The summed E-state index contributed by atoms with van der Waals surface area (Å²) in [6.45, 7) is 1.84. The third kappa shape index (κ3) is 4.88. The number of nitrogens with zero attached hydrogens (tertiary/aromatic N) is 1. The fraction of sp³-hybridized carbons (Fsp3) is 0.364. The number of fused-ring (bicyclic) bond motifs is 1. The van der Waals surface area contributed by atoms with Crippen LogP contribution in [0, 0.1) is 5.92 Å². The molecule has 1 aliphatic rings. The maximum Gasteiger partial charge on any atom is 0.242 e. The molecule has 0 spiro atoms. The summed E-state index contributed by atoms with van der Waals surface area (Å²) in [5.74, 6) is -0.414. The van der Waals surface area contributed by atoms with Gasteiger partial charge in [0.1, 0.15) is 0 Å². The van der Waals surface area contributed by atoms with Crippen molar-refractivity contribution in [3.05, 3.63) is 59.7 Å². The summed E-state index contributed by atoms with van der Waals surface area (Å²) in [6.07, 6.45) is 1.35. The average Bonchev–Trinajstić information content (AvgIpc) is 2.72. The van der Waals surface area contributed by atoms with Gasteiger partial charge in [-0.25, -0.2) is 12.7 Å². The number of benzene rings is 2. The Morgan fingerprint density at radius 3 is 2.50 bits per heavy atom. The van der Waals surface area contributed by atoms with Gasteiger partial charge >= 0.3 is 0 Å². The minimum Gasteiger partial charge on any atom is -0.350 e. The molecule has 2 amide bonds. The number of carbonyl (C=O) groups is 2. The van der Waals surface area contributed by atoms with Crippen LogP contribution < -0.4 is 10.6 Å². The van der Waals surface area contributed by atoms with E-state index < -0.39 is 10.0 Å². The lowest BCUT2D eigenvalue weighted by Gasteiger charge is -2.24. The van der Waals surface area contributed by atoms with Crippen molar-refractivity contribution in [3.8, 4) is 0 Å². The first-order valence-electron chi connectivity index (χ1n) is 9.89. The van der Waals surface area contributed by atoms with Crippen molar-refractivity contribution >= 4 is 27.5 Å². The minimum absolute atomic E-state index is 0.0489. The van der Waals surface area contributed by atoms with Crippen molar-refractivity contribution in [2.75, 3.05) is 19.4 Å². The minimum atomic E-state index is -3.48. The second kappa shape index (κ2) is 8.97. The molecule has 2 unspecified atom stereocenters. The number of rotatable bonds is 7. The van der Waals surface area contributed by atoms with Gasteiger partial charge in [0.15, 0.2) is 0 Å². The monoisotopic (exact) mass is 429 g/mol. The van der Waals surface area contributed by atoms with Crippen molar-refractivity contribution in [2.24, 2.45) is 5.92 Å². The van der Waals surface area contributed by atoms with Gasteiger partial charge in [0.05, 0.1) is 10.9 Å². The summed E-state index contributed by atoms with van der Waals surface area (Å²) in [6, 6.07) is 13.9. The lowest BCUT2D eigenvalue weighted by Crippen LogP contribution is -2.32. The summed E-state index contributed by atoms with van der Waals surface area (Å²) in [4.78, 5) is 24.9. The molecule has 1 heterocycles. The molecule has 2 aromatic rings. The van der Waals surface area contributed by atoms with Crippen LogP contribution in [0.1, 0.15) is 36.9 Å². The predicted molar refractivity (Wildman–Crippen MR) is 115 cm³/mol. The van der Waals surface area contributed by atoms with Crippen molar-refractivity contribution in [3.63, 3.8) is 0 Å². The van der Waals surface area contributed by atoms with Crippen molar-refractivity contribution in [1.82, 2.24) is 9.62 Å². The first-order valence-corrected chi connectivity index (χ1v) is 11.3. The number of carbonyl (C=O) groups excluding carboxylic acids is 2. The van der Waals surface area contributed by atoms with Gasteiger partial charge in [-0.2, -0.15) is 0 Å². The van der Waals surface area contributed by atoms with Gasteiger partial charge in [-0.15, -0.1) is 0 Å². The standard InChI is InChI=1S/C22H27N3O4S/c1-15(16-8-11-19(12-9-16)30(28,29)25(2)3)23-21(26)13-10-18-14-17-6-4-5-7-20(17)24-22(18)27/h4-9,11-12,15,18H,10,13-14H2,1-3H3,(H,23,26)(H,24,27). The quantitative estimate of drug-likeness (QED) is 0.707. The first-order chi connectivity index (χ1) is 14.2. The number of nitrogens with one attached hydrogen (secondary N) is 2. The highest BCUT2D eigenvalue weighted by molar-refractivity contribution is 7.89. The maximum absolute atomic E-state index is 12.4. The second-order valence-corrected chi connectivity index (χ2v) is 9.88. The molecule has 0 saturated carbocycles. The Balaban J connectivity index is 1.54. The number of sulfonamides is 1. The molecule has 2 N–H and O–H groups in total. The normalized spacial score (nSPS) is 17.2. The second-order valence-electron chi connectivity index (χ2n) is 7.73. The molecule has 3 rings (SSSR count). The highest BCUT2D eigenvalue weighted by atomic mass is 32.2. The predicted octanol–water partition coefficient (Wildman–Crippen LogP) is 2.71. The molecule has 30 heavy (non-hydrogen) atoms. The van der Waals surface area contributed by atoms with Gasteiger partial charge < -0.3 is 10.6 Å². The van der Waals surface area contributed by atoms with E-state index in [0.717, 1.165) is 21.1 Å². The van der Waals surface area contributed by atoms with Crippen molar-refractivity contribution in [2.45, 2.75) is 37.1 Å². The summed E-state index contributed by atoms with van der Waals surface area (Å²) in [7, 11) is -0.515. The van der Waals surface area contributed by atoms with Crippen LogP contribution in [0.5, 0.6) is 0 Å². The lowest BCUT2D eigenvalue weighted by atomic mass is 9.89. The average molecular weight is 430 g/mol. The number of hydrogen-bond donors (Lipinski definition) is 2. The molecule has 0 radical (unpaired) electrons. The van der Waals surface area contributed by atoms with Crippen LogP contribution in [-0.4, -0.2) is 38.6 Å². The molecule has 2 aromatic carbocycles. The smallest absolute Gasteiger partial charge is 0.242 e. The fourth-order valence-electron chi connectivity index (χ4n) is 3.49. The molecule has 1 aliphatic heterocycles. The molecule has 0 bridgehead atoms. The van der Waals surface area contributed by atoms with Crippen LogP contribution in [0.25, 0.3) is 0 Å². The molecule has 0 aromatic heterocycles. The van der Waals surface area contributed by atoms with E-state index in [1.807, 2.05) is 31.2 Å². The zero-order valence-corrected chi connectivity index (χ0v) is 18.2. The van der Waals surface area contributed by atoms with Crippen molar-refractivity contribution in [1.29, 1.82) is 0 Å². The zero-order valence-electron chi connectivity index (χ0n) is 17.4. The Morgan fingerprint density at radius 1 is 1.17 bits per heavy atom. The van der Waals surface area contributed by atoms with E-state index in [-0.39, 0.29) is 35.1 Å². The van der Waals surface area contributed by atoms with Crippen LogP contribution in [0.2, 0.25) is 0 Å². The molecule has 8 heteroatoms. The van der Waals surface area contributed by atoms with E-state index in [1.165, 1.54) is 26.2 Å². The van der Waals surface area contributed by atoms with Gasteiger partial charge in [-0.1, -0.05) is 30.3 Å². The molecule has 0 fully saturated rings. The molecule has 0 saturated heterocycles. The summed E-state index contributed by atoms with van der Waals surface area (Å²) < 4.78 is 25.5. The Labute approximate surface area is 177 Å². The van der Waals surface area contributed by atoms with Crippen LogP contribution >= 0.6 is 0 Å². The van der Waals surface area contributed by atoms with Crippen molar-refractivity contribution < 1.29 is 18.0 Å². The van der Waals surface area contributed by atoms with E-state index >= 15 is 0 Å². The van der Waals surface area contributed by atoms with Gasteiger partial charge in [0, 0.05) is 32.1 Å². The Morgan fingerprint density at radius 2 is 1.83 bits per heavy atom. The Bertz CT molecular complexity index is 1030. The van der Waals surface area contributed by atoms with E-state index in [1.54, 1.807) is 12.1 Å². The Hall–Kier alpha value is -2.71. The first kappa shape index (κ1) is 22.0. The third-order valence-electron chi connectivity index (χ3n) is 5.37. The van der Waals surface area contributed by atoms with Gasteiger partial charge in [-0.05, 0) is 49.1 Å². The third-order valence-corrected chi connectivity index (χ3v) is 7.20. The van der Waals surface area contributed by atoms with E-state index in [9.17, 15) is 18.0 Å². The number of hydrogen-bond acceptors (Lipinski definition) is 4. The molecular weight excluding hydrogens is 402 g/mol. The summed E-state index contributed by atoms with van der Waals surface area (Å²) >= 11 is 0. The van der Waals surface area contributed by atoms with Crippen LogP contribution in [0.4, 0.5) is 5.69 Å². The van der Waals surface area contributed by atoms with E-state index in [2.05, 4.69) is 10.6 Å². The topological polar surface area (TPSA) is 95.6 Å². The highest BCUT2D eigenvalue weighted by Crippen LogP contribution is 2.27. The molecule has 7 nitrogen and oxygen atoms in total. The molecule has 160 valence electrons. The van der Waals surface area contributed by atoms with E-state index in [4.69, 9.17) is 0 Å². The number of amides is 2. The number of anilines is 1. The molecular formula is C22H27N3O4S. The van der Waals surface area contributed by atoms with Crippen LogP contribution in [0.3, 0.4) is 0 Å². The zero-order chi connectivity index (χ0) is 21.9. The fourth-order valence-corrected chi connectivity index (χ4v) is 4.39. The lowest BCUT2D eigenvalue weighted by molar-refractivity contribution is -0.123. The molecule has 0 aliphatic carbocycles. The number of para-hydroxylation sites is 1. The van der Waals surface area contributed by atoms with Crippen LogP contribution in [-0.2, 0) is 26.0 Å². The van der Waals surface area contributed by atoms with Crippen LogP contribution in [0.15, 0.2) is 53.4 Å². The maximum atomic E-state index is 12.4. The summed E-state index contributed by atoms with van der Waals surface area (Å²) in [5.41, 5.74) is 2.74.